The molecule has 0 saturated carbocycles. The van der Waals surface area contributed by atoms with E-state index in [1.54, 1.807) is 37.8 Å². The fraction of sp³-hybridized carbons (Fsp3) is 0.324. The molecule has 0 N–H and O–H groups in total. The Balaban J connectivity index is 1.70. The second-order valence-corrected chi connectivity index (χ2v) is 12.5. The number of ketones is 1. The van der Waals surface area contributed by atoms with Crippen molar-refractivity contribution >= 4 is 27.6 Å². The Morgan fingerprint density at radius 1 is 1.02 bits per heavy atom. The van der Waals surface area contributed by atoms with Gasteiger partial charge in [0.2, 0.25) is 0 Å². The maximum Gasteiger partial charge on any atom is 0.251 e. The van der Waals surface area contributed by atoms with E-state index in [9.17, 15) is 9.59 Å². The summed E-state index contributed by atoms with van der Waals surface area (Å²) in [5.74, 6) is 1.96. The van der Waals surface area contributed by atoms with Gasteiger partial charge in [-0.2, -0.15) is 0 Å². The summed E-state index contributed by atoms with van der Waals surface area (Å²) in [6.45, 7) is 10.3. The van der Waals surface area contributed by atoms with Gasteiger partial charge in [0.05, 0.1) is 44.0 Å². The highest BCUT2D eigenvalue weighted by Crippen LogP contribution is 2.45. The van der Waals surface area contributed by atoms with Gasteiger partial charge in [0.1, 0.15) is 23.4 Å². The van der Waals surface area contributed by atoms with E-state index in [-0.39, 0.29) is 17.9 Å². The maximum absolute atomic E-state index is 13.6. The van der Waals surface area contributed by atoms with Crippen molar-refractivity contribution in [3.63, 3.8) is 0 Å². The first kappa shape index (κ1) is 30.3. The molecule has 6 rings (SSSR count). The van der Waals surface area contributed by atoms with Gasteiger partial charge in [0, 0.05) is 41.1 Å². The van der Waals surface area contributed by atoms with Crippen LogP contribution in [-0.2, 0) is 22.5 Å². The lowest BCUT2D eigenvalue weighted by Gasteiger charge is -2.30. The van der Waals surface area contributed by atoms with Crippen LogP contribution >= 0.6 is 0 Å². The van der Waals surface area contributed by atoms with Gasteiger partial charge in [-0.3, -0.25) is 14.6 Å². The highest BCUT2D eigenvalue weighted by molar-refractivity contribution is 6.08. The number of rotatable bonds is 8. The molecule has 8 heteroatoms. The van der Waals surface area contributed by atoms with E-state index < -0.39 is 11.7 Å². The molecule has 0 spiro atoms. The maximum atomic E-state index is 13.6. The number of aryl methyl sites for hydroxylation is 1. The number of benzene rings is 3. The number of carbonyl (C=O) groups excluding carboxylic acids is 1. The number of nitrogens with zero attached hydrogens (tertiary/aromatic N) is 2. The molecule has 0 amide bonds. The van der Waals surface area contributed by atoms with Crippen LogP contribution in [0.15, 0.2) is 65.6 Å². The third-order valence-electron chi connectivity index (χ3n) is 8.24. The summed E-state index contributed by atoms with van der Waals surface area (Å²) in [7, 11) is 3.20. The fourth-order valence-corrected chi connectivity index (χ4v) is 6.32. The Bertz CT molecular complexity index is 1990. The van der Waals surface area contributed by atoms with Crippen LogP contribution in [0, 0.1) is 6.92 Å². The van der Waals surface area contributed by atoms with E-state index in [2.05, 4.69) is 0 Å². The number of ether oxygens (including phenoxy) is 4. The zero-order valence-electron chi connectivity index (χ0n) is 26.8. The minimum Gasteiger partial charge on any atom is -0.497 e. The first-order chi connectivity index (χ1) is 21.5. The van der Waals surface area contributed by atoms with Crippen molar-refractivity contribution in [3.05, 3.63) is 93.4 Å². The van der Waals surface area contributed by atoms with Crippen molar-refractivity contribution in [2.75, 3.05) is 20.8 Å². The van der Waals surface area contributed by atoms with Crippen molar-refractivity contribution < 1.29 is 23.7 Å². The molecule has 1 atom stereocenters. The quantitative estimate of drug-likeness (QED) is 0.188. The van der Waals surface area contributed by atoms with E-state index in [1.807, 2.05) is 76.4 Å². The average Bonchev–Trinajstić information content (AvgIpc) is 3.01. The number of Topliss-reactive ketones (excluding diaryl/α,β-unsaturated/α-hetero) is 1. The molecular formula is C37H38N2O6. The summed E-state index contributed by atoms with van der Waals surface area (Å²) in [6, 6.07) is 17.0. The van der Waals surface area contributed by atoms with Gasteiger partial charge in [0.25, 0.3) is 5.56 Å². The Hall–Kier alpha value is -4.69. The number of hydrogen-bond acceptors (Lipinski definition) is 7. The number of hydrogen-bond donors (Lipinski definition) is 0. The van der Waals surface area contributed by atoms with Crippen LogP contribution in [0.5, 0.6) is 17.2 Å². The predicted octanol–water partition coefficient (Wildman–Crippen LogP) is 6.97. The zero-order valence-corrected chi connectivity index (χ0v) is 26.8. The molecule has 3 heterocycles. The summed E-state index contributed by atoms with van der Waals surface area (Å²) in [5, 5.41) is 1.78. The molecule has 1 aliphatic rings. The van der Waals surface area contributed by atoms with E-state index in [1.165, 1.54) is 5.56 Å². The highest BCUT2D eigenvalue weighted by Gasteiger charge is 2.31. The lowest BCUT2D eigenvalue weighted by Crippen LogP contribution is -2.27. The third kappa shape index (κ3) is 5.66. The van der Waals surface area contributed by atoms with Crippen molar-refractivity contribution in [2.24, 2.45) is 0 Å². The van der Waals surface area contributed by atoms with Gasteiger partial charge in [-0.25, -0.2) is 0 Å². The third-order valence-corrected chi connectivity index (χ3v) is 8.24. The normalized spacial score (nSPS) is 13.5. The van der Waals surface area contributed by atoms with Crippen LogP contribution in [-0.4, -0.2) is 41.8 Å². The molecule has 3 aromatic carbocycles. The second-order valence-electron chi connectivity index (χ2n) is 12.5. The van der Waals surface area contributed by atoms with Crippen LogP contribution < -0.4 is 19.8 Å². The minimum atomic E-state index is -0.838. The molecule has 0 aliphatic carbocycles. The van der Waals surface area contributed by atoms with Crippen molar-refractivity contribution in [1.29, 1.82) is 0 Å². The Morgan fingerprint density at radius 2 is 1.76 bits per heavy atom. The molecule has 0 radical (unpaired) electrons. The van der Waals surface area contributed by atoms with Gasteiger partial charge in [-0.15, -0.1) is 0 Å². The van der Waals surface area contributed by atoms with Gasteiger partial charge in [0.15, 0.2) is 5.78 Å². The standard InChI is InChI=1S/C37H38N2O6/c1-21-16-29-27(9-11-31(41)39(29)20-23-17-25(42-6)19-26(18-23)43-7)34(32(21)36(22(2)40)45-37(3,4)5)28-8-10-30-33-24(13-15-44-30)12-14-38-35(28)33/h8-12,14,16-19,36H,13,15,20H2,1-7H3/t36-/m1/s1. The lowest BCUT2D eigenvalue weighted by molar-refractivity contribution is -0.138. The summed E-state index contributed by atoms with van der Waals surface area (Å²) in [6.07, 6.45) is 1.77. The molecule has 0 saturated heterocycles. The van der Waals surface area contributed by atoms with Crippen LogP contribution in [0.25, 0.3) is 32.9 Å². The van der Waals surface area contributed by atoms with Crippen molar-refractivity contribution in [1.82, 2.24) is 9.55 Å². The SMILES string of the molecule is COc1cc(Cn2c(=O)ccc3c(-c4ccc5c6c(ccnc46)CCO5)c([C@H](OC(C)(C)C)C(C)=O)c(C)cc32)cc(OC)c1. The zero-order chi connectivity index (χ0) is 32.0. The van der Waals surface area contributed by atoms with E-state index in [0.29, 0.717) is 18.1 Å². The Morgan fingerprint density at radius 3 is 2.42 bits per heavy atom. The molecule has 8 nitrogen and oxygen atoms in total. The van der Waals surface area contributed by atoms with Gasteiger partial charge in [-0.05, 0) is 105 Å². The summed E-state index contributed by atoms with van der Waals surface area (Å²) >= 11 is 0. The predicted molar refractivity (Wildman–Crippen MR) is 176 cm³/mol. The fourth-order valence-electron chi connectivity index (χ4n) is 6.32. The molecule has 5 aromatic rings. The molecule has 0 unspecified atom stereocenters. The molecule has 1 aliphatic heterocycles. The van der Waals surface area contributed by atoms with Crippen LogP contribution in [0.2, 0.25) is 0 Å². The lowest BCUT2D eigenvalue weighted by atomic mass is 9.85. The highest BCUT2D eigenvalue weighted by atomic mass is 16.5. The monoisotopic (exact) mass is 606 g/mol. The number of methoxy groups -OCH3 is 2. The summed E-state index contributed by atoms with van der Waals surface area (Å²) < 4.78 is 25.3. The molecule has 232 valence electrons. The largest absolute Gasteiger partial charge is 0.497 e. The van der Waals surface area contributed by atoms with Crippen molar-refractivity contribution in [2.45, 2.75) is 59.3 Å². The van der Waals surface area contributed by atoms with E-state index in [4.69, 9.17) is 23.9 Å². The molecular weight excluding hydrogens is 568 g/mol. The van der Waals surface area contributed by atoms with E-state index >= 15 is 0 Å². The molecule has 45 heavy (non-hydrogen) atoms. The minimum absolute atomic E-state index is 0.107. The van der Waals surface area contributed by atoms with Crippen LogP contribution in [0.4, 0.5) is 0 Å². The Labute approximate surface area is 262 Å². The number of carbonyl (C=O) groups is 1. The topological polar surface area (TPSA) is 88.9 Å². The summed E-state index contributed by atoms with van der Waals surface area (Å²) in [5.41, 5.74) is 6.04. The first-order valence-corrected chi connectivity index (χ1v) is 15.1. The average molecular weight is 607 g/mol. The Kier molecular flexibility index (Phi) is 7.87. The van der Waals surface area contributed by atoms with Crippen molar-refractivity contribution in [3.8, 4) is 28.4 Å². The first-order valence-electron chi connectivity index (χ1n) is 15.1. The van der Waals surface area contributed by atoms with E-state index in [0.717, 1.165) is 61.8 Å². The number of aromatic nitrogens is 2. The smallest absolute Gasteiger partial charge is 0.251 e. The number of fused-ring (bicyclic) bond motifs is 1. The van der Waals surface area contributed by atoms with Gasteiger partial charge < -0.3 is 23.5 Å². The summed E-state index contributed by atoms with van der Waals surface area (Å²) in [4.78, 5) is 31.8. The second kappa shape index (κ2) is 11.7. The van der Waals surface area contributed by atoms with Gasteiger partial charge >= 0.3 is 0 Å². The number of pyridine rings is 2. The molecule has 0 fully saturated rings. The molecule has 2 aromatic heterocycles. The van der Waals surface area contributed by atoms with Crippen LogP contribution in [0.3, 0.4) is 0 Å². The molecule has 0 bridgehead atoms. The van der Waals surface area contributed by atoms with Gasteiger partial charge in [-0.1, -0.05) is 0 Å². The van der Waals surface area contributed by atoms with Crippen LogP contribution in [0.1, 0.15) is 56.1 Å².